The molecule has 0 bridgehead atoms. The highest BCUT2D eigenvalue weighted by Gasteiger charge is 2.19. The Morgan fingerprint density at radius 3 is 2.46 bits per heavy atom. The molecular weight excluding hydrogens is 326 g/mol. The molecule has 0 unspecified atom stereocenters. The smallest absolute Gasteiger partial charge is 0.338 e. The van der Waals surface area contributed by atoms with Crippen LogP contribution in [0.5, 0.6) is 0 Å². The Balaban J connectivity index is 1.58. The van der Waals surface area contributed by atoms with Crippen LogP contribution in [0.1, 0.15) is 29.3 Å². The molecule has 0 atom stereocenters. The van der Waals surface area contributed by atoms with Crippen LogP contribution in [0.2, 0.25) is 0 Å². The summed E-state index contributed by atoms with van der Waals surface area (Å²) in [6.45, 7) is 7.23. The fourth-order valence-electron chi connectivity index (χ4n) is 3.24. The molecule has 1 saturated heterocycles. The number of nitrogens with zero attached hydrogens (tertiary/aromatic N) is 2. The second-order valence-corrected chi connectivity index (χ2v) is 6.66. The number of nitrogen functional groups attached to an aromatic ring is 1. The summed E-state index contributed by atoms with van der Waals surface area (Å²) < 4.78 is 5.17. The monoisotopic (exact) mass is 353 g/mol. The summed E-state index contributed by atoms with van der Waals surface area (Å²) in [5, 5.41) is 0. The van der Waals surface area contributed by atoms with Gasteiger partial charge < -0.3 is 15.4 Å². The van der Waals surface area contributed by atoms with Crippen molar-refractivity contribution in [3.05, 3.63) is 59.7 Å². The summed E-state index contributed by atoms with van der Waals surface area (Å²) in [4.78, 5) is 16.7. The predicted molar refractivity (Wildman–Crippen MR) is 105 cm³/mol. The molecule has 0 radical (unpaired) electrons. The van der Waals surface area contributed by atoms with Gasteiger partial charge in [0.05, 0.1) is 23.5 Å². The van der Waals surface area contributed by atoms with Crippen molar-refractivity contribution in [3.8, 4) is 0 Å². The summed E-state index contributed by atoms with van der Waals surface area (Å²) in [5.74, 6) is -0.308. The molecule has 5 heteroatoms. The molecule has 1 heterocycles. The first-order valence-corrected chi connectivity index (χ1v) is 9.25. The molecule has 5 nitrogen and oxygen atoms in total. The van der Waals surface area contributed by atoms with Crippen molar-refractivity contribution >= 4 is 17.3 Å². The number of anilines is 2. The van der Waals surface area contributed by atoms with Gasteiger partial charge in [0, 0.05) is 32.7 Å². The van der Waals surface area contributed by atoms with Gasteiger partial charge in [0.2, 0.25) is 0 Å². The first-order chi connectivity index (χ1) is 12.7. The zero-order valence-electron chi connectivity index (χ0n) is 15.4. The highest BCUT2D eigenvalue weighted by atomic mass is 16.5. The predicted octanol–water partition coefficient (Wildman–Crippen LogP) is 3.16. The topological polar surface area (TPSA) is 58.8 Å². The van der Waals surface area contributed by atoms with Crippen molar-refractivity contribution in [1.29, 1.82) is 0 Å². The summed E-state index contributed by atoms with van der Waals surface area (Å²) in [5.41, 5.74) is 9.70. The van der Waals surface area contributed by atoms with Crippen LogP contribution in [0.15, 0.2) is 48.5 Å². The molecule has 2 aromatic carbocycles. The Labute approximate surface area is 155 Å². The van der Waals surface area contributed by atoms with Gasteiger partial charge in [-0.2, -0.15) is 0 Å². The highest BCUT2D eigenvalue weighted by molar-refractivity contribution is 5.92. The molecule has 138 valence electrons. The third-order valence-corrected chi connectivity index (χ3v) is 4.66. The maximum Gasteiger partial charge on any atom is 0.338 e. The molecule has 0 aliphatic carbocycles. The van der Waals surface area contributed by atoms with Gasteiger partial charge in [-0.3, -0.25) is 4.90 Å². The van der Waals surface area contributed by atoms with Crippen LogP contribution in [-0.4, -0.2) is 43.7 Å². The van der Waals surface area contributed by atoms with E-state index >= 15 is 0 Å². The van der Waals surface area contributed by atoms with Gasteiger partial charge in [0.1, 0.15) is 0 Å². The van der Waals surface area contributed by atoms with Crippen molar-refractivity contribution in [3.63, 3.8) is 0 Å². The summed E-state index contributed by atoms with van der Waals surface area (Å²) in [6, 6.07) is 16.0. The van der Waals surface area contributed by atoms with E-state index < -0.39 is 0 Å². The Kier molecular flexibility index (Phi) is 6.12. The van der Waals surface area contributed by atoms with Gasteiger partial charge in [0.25, 0.3) is 0 Å². The van der Waals surface area contributed by atoms with Gasteiger partial charge in [0.15, 0.2) is 0 Å². The first-order valence-electron chi connectivity index (χ1n) is 9.25. The van der Waals surface area contributed by atoms with E-state index in [0.29, 0.717) is 17.9 Å². The van der Waals surface area contributed by atoms with Crippen LogP contribution >= 0.6 is 0 Å². The van der Waals surface area contributed by atoms with Gasteiger partial charge >= 0.3 is 5.97 Å². The standard InChI is InChI=1S/C21H27N3O2/c1-2-14-26-21(25)18-8-9-20(19(22)15-18)24-12-10-23(11-13-24)16-17-6-4-3-5-7-17/h3-9,15H,2,10-14,16,22H2,1H3. The number of hydrogen-bond donors (Lipinski definition) is 1. The fraction of sp³-hybridized carbons (Fsp3) is 0.381. The second-order valence-electron chi connectivity index (χ2n) is 6.66. The van der Waals surface area contributed by atoms with E-state index in [-0.39, 0.29) is 5.97 Å². The van der Waals surface area contributed by atoms with Crippen LogP contribution in [0.3, 0.4) is 0 Å². The van der Waals surface area contributed by atoms with E-state index in [1.54, 1.807) is 12.1 Å². The minimum Gasteiger partial charge on any atom is -0.462 e. The minimum atomic E-state index is -0.308. The number of benzene rings is 2. The average Bonchev–Trinajstić information content (AvgIpc) is 2.67. The van der Waals surface area contributed by atoms with Gasteiger partial charge in [-0.1, -0.05) is 37.3 Å². The number of rotatable bonds is 6. The lowest BCUT2D eigenvalue weighted by molar-refractivity contribution is 0.0505. The zero-order valence-corrected chi connectivity index (χ0v) is 15.4. The summed E-state index contributed by atoms with van der Waals surface area (Å²) in [7, 11) is 0. The molecular formula is C21H27N3O2. The molecule has 0 amide bonds. The first kappa shape index (κ1) is 18.3. The van der Waals surface area contributed by atoms with E-state index in [1.807, 2.05) is 19.1 Å². The molecule has 0 aromatic heterocycles. The van der Waals surface area contributed by atoms with E-state index in [9.17, 15) is 4.79 Å². The van der Waals surface area contributed by atoms with Crippen molar-refractivity contribution in [1.82, 2.24) is 4.90 Å². The largest absolute Gasteiger partial charge is 0.462 e. The highest BCUT2D eigenvalue weighted by Crippen LogP contribution is 2.26. The average molecular weight is 353 g/mol. The maximum atomic E-state index is 12.0. The van der Waals surface area contributed by atoms with Crippen LogP contribution in [0.25, 0.3) is 0 Å². The quantitative estimate of drug-likeness (QED) is 0.638. The summed E-state index contributed by atoms with van der Waals surface area (Å²) in [6.07, 6.45) is 0.812. The summed E-state index contributed by atoms with van der Waals surface area (Å²) >= 11 is 0. The number of esters is 1. The lowest BCUT2D eigenvalue weighted by Gasteiger charge is -2.36. The molecule has 1 fully saturated rings. The molecule has 26 heavy (non-hydrogen) atoms. The normalized spacial score (nSPS) is 15.0. The third kappa shape index (κ3) is 4.55. The van der Waals surface area contributed by atoms with Crippen LogP contribution in [-0.2, 0) is 11.3 Å². The number of carbonyl (C=O) groups excluding carboxylic acids is 1. The third-order valence-electron chi connectivity index (χ3n) is 4.66. The SMILES string of the molecule is CCCOC(=O)c1ccc(N2CCN(Cc3ccccc3)CC2)c(N)c1. The minimum absolute atomic E-state index is 0.308. The van der Waals surface area contributed by atoms with Crippen LogP contribution in [0.4, 0.5) is 11.4 Å². The molecule has 0 spiro atoms. The van der Waals surface area contributed by atoms with E-state index in [4.69, 9.17) is 10.5 Å². The number of piperazine rings is 1. The van der Waals surface area contributed by atoms with Crippen molar-refractivity contribution in [2.45, 2.75) is 19.9 Å². The Bertz CT molecular complexity index is 725. The number of hydrogen-bond acceptors (Lipinski definition) is 5. The van der Waals surface area contributed by atoms with Crippen molar-refractivity contribution in [2.75, 3.05) is 43.4 Å². The Morgan fingerprint density at radius 1 is 1.08 bits per heavy atom. The maximum absolute atomic E-state index is 12.0. The lowest BCUT2D eigenvalue weighted by atomic mass is 10.1. The van der Waals surface area contributed by atoms with E-state index in [1.165, 1.54) is 5.56 Å². The Hall–Kier alpha value is -2.53. The van der Waals surface area contributed by atoms with E-state index in [2.05, 4.69) is 34.1 Å². The molecule has 0 saturated carbocycles. The van der Waals surface area contributed by atoms with Gasteiger partial charge in [-0.05, 0) is 30.2 Å². The number of carbonyl (C=O) groups is 1. The van der Waals surface area contributed by atoms with E-state index in [0.717, 1.165) is 44.8 Å². The molecule has 2 aromatic rings. The number of ether oxygens (including phenoxy) is 1. The fourth-order valence-corrected chi connectivity index (χ4v) is 3.24. The molecule has 1 aliphatic rings. The van der Waals surface area contributed by atoms with Crippen LogP contribution < -0.4 is 10.6 Å². The van der Waals surface area contributed by atoms with Crippen LogP contribution in [0, 0.1) is 0 Å². The zero-order chi connectivity index (χ0) is 18.4. The van der Waals surface area contributed by atoms with Gasteiger partial charge in [-0.25, -0.2) is 4.79 Å². The van der Waals surface area contributed by atoms with Gasteiger partial charge in [-0.15, -0.1) is 0 Å². The number of nitrogens with two attached hydrogens (primary N) is 1. The molecule has 2 N–H and O–H groups in total. The second kappa shape index (κ2) is 8.72. The Morgan fingerprint density at radius 2 is 1.81 bits per heavy atom. The van der Waals surface area contributed by atoms with Crippen molar-refractivity contribution < 1.29 is 9.53 Å². The molecule has 3 rings (SSSR count). The van der Waals surface area contributed by atoms with Crippen molar-refractivity contribution in [2.24, 2.45) is 0 Å². The lowest BCUT2D eigenvalue weighted by Crippen LogP contribution is -2.46. The molecule has 1 aliphatic heterocycles.